The van der Waals surface area contributed by atoms with Gasteiger partial charge in [0.15, 0.2) is 5.75 Å². The lowest BCUT2D eigenvalue weighted by atomic mass is 10.1. The Morgan fingerprint density at radius 2 is 1.84 bits per heavy atom. The predicted molar refractivity (Wildman–Crippen MR) is 114 cm³/mol. The zero-order valence-corrected chi connectivity index (χ0v) is 19.4. The van der Waals surface area contributed by atoms with Crippen LogP contribution in [0.5, 0.6) is 5.75 Å². The summed E-state index contributed by atoms with van der Waals surface area (Å²) in [6.45, 7) is 7.74. The summed E-state index contributed by atoms with van der Waals surface area (Å²) in [5.41, 5.74) is -0.679. The van der Waals surface area contributed by atoms with E-state index in [2.05, 4.69) is 10.4 Å². The van der Waals surface area contributed by atoms with Gasteiger partial charge in [-0.1, -0.05) is 0 Å². The van der Waals surface area contributed by atoms with Gasteiger partial charge in [0, 0.05) is 32.2 Å². The second-order valence-electron chi connectivity index (χ2n) is 8.10. The minimum Gasteiger partial charge on any atom is -0.490 e. The standard InChI is InChI=1S/C17H25N7O5S2/c1-17(2,3)23-16(30)22(18-19-23)12-20-7-9-21(10-8-20)31(27,28)13-5-6-15(29-4)14(11-13)24(25)26/h5-6,11H,7-10,12H2,1-4H3. The number of ether oxygens (including phenoxy) is 1. The predicted octanol–water partition coefficient (Wildman–Crippen LogP) is 1.44. The minimum absolute atomic E-state index is 0.00816. The van der Waals surface area contributed by atoms with E-state index in [0.29, 0.717) is 24.5 Å². The molecule has 1 aromatic heterocycles. The lowest BCUT2D eigenvalue weighted by Gasteiger charge is -2.33. The van der Waals surface area contributed by atoms with Crippen molar-refractivity contribution >= 4 is 27.9 Å². The van der Waals surface area contributed by atoms with E-state index in [1.165, 1.54) is 23.5 Å². The molecule has 0 atom stereocenters. The van der Waals surface area contributed by atoms with Crippen molar-refractivity contribution in [3.8, 4) is 5.75 Å². The molecule has 2 heterocycles. The van der Waals surface area contributed by atoms with Crippen LogP contribution < -0.4 is 4.74 Å². The van der Waals surface area contributed by atoms with E-state index in [4.69, 9.17) is 17.0 Å². The van der Waals surface area contributed by atoms with Crippen molar-refractivity contribution in [2.75, 3.05) is 33.3 Å². The molecule has 14 heteroatoms. The third-order valence-corrected chi connectivity index (χ3v) is 7.20. The molecule has 0 spiro atoms. The molecule has 3 rings (SSSR count). The molecule has 12 nitrogen and oxygen atoms in total. The molecule has 1 aliphatic rings. The second-order valence-corrected chi connectivity index (χ2v) is 10.4. The lowest BCUT2D eigenvalue weighted by molar-refractivity contribution is -0.386. The molecule has 1 fully saturated rings. The first-order valence-electron chi connectivity index (χ1n) is 9.53. The third-order valence-electron chi connectivity index (χ3n) is 4.92. The van der Waals surface area contributed by atoms with Crippen molar-refractivity contribution in [2.45, 2.75) is 37.9 Å². The molecule has 0 saturated carbocycles. The molecule has 0 aliphatic carbocycles. The van der Waals surface area contributed by atoms with Gasteiger partial charge in [-0.25, -0.2) is 17.8 Å². The quantitative estimate of drug-likeness (QED) is 0.349. The van der Waals surface area contributed by atoms with Gasteiger partial charge in [-0.05, 0) is 55.5 Å². The molecular weight excluding hydrogens is 446 g/mol. The van der Waals surface area contributed by atoms with Gasteiger partial charge in [0.05, 0.1) is 29.1 Å². The van der Waals surface area contributed by atoms with Crippen LogP contribution in [0.1, 0.15) is 20.8 Å². The number of sulfonamides is 1. The zero-order chi connectivity index (χ0) is 23.0. The molecule has 1 saturated heterocycles. The molecule has 0 amide bonds. The van der Waals surface area contributed by atoms with Crippen LogP contribution in [0.2, 0.25) is 0 Å². The highest BCUT2D eigenvalue weighted by atomic mass is 32.2. The van der Waals surface area contributed by atoms with Crippen molar-refractivity contribution in [3.63, 3.8) is 0 Å². The number of hydrogen-bond donors (Lipinski definition) is 0. The number of methoxy groups -OCH3 is 1. The Bertz CT molecular complexity index is 1130. The van der Waals surface area contributed by atoms with Crippen LogP contribution in [0.3, 0.4) is 0 Å². The molecule has 31 heavy (non-hydrogen) atoms. The molecule has 0 radical (unpaired) electrons. The number of benzene rings is 1. The fourth-order valence-electron chi connectivity index (χ4n) is 3.21. The Labute approximate surface area is 185 Å². The molecule has 0 N–H and O–H groups in total. The normalized spacial score (nSPS) is 16.4. The Morgan fingerprint density at radius 3 is 2.35 bits per heavy atom. The average molecular weight is 472 g/mol. The fourth-order valence-corrected chi connectivity index (χ4v) is 5.05. The number of aromatic nitrogens is 4. The van der Waals surface area contributed by atoms with Gasteiger partial charge < -0.3 is 4.74 Å². The first kappa shape index (κ1) is 23.2. The van der Waals surface area contributed by atoms with Crippen molar-refractivity contribution in [3.05, 3.63) is 33.1 Å². The van der Waals surface area contributed by atoms with Crippen LogP contribution in [-0.2, 0) is 22.2 Å². The monoisotopic (exact) mass is 471 g/mol. The first-order chi connectivity index (χ1) is 14.4. The SMILES string of the molecule is COc1ccc(S(=O)(=O)N2CCN(Cn3nnn(C(C)(C)C)c3=S)CC2)cc1[N+](=O)[O-]. The van der Waals surface area contributed by atoms with Crippen LogP contribution in [-0.4, -0.2) is 75.6 Å². The van der Waals surface area contributed by atoms with Crippen LogP contribution in [0, 0.1) is 14.9 Å². The van der Waals surface area contributed by atoms with E-state index in [0.717, 1.165) is 6.07 Å². The van der Waals surface area contributed by atoms with Crippen LogP contribution >= 0.6 is 12.2 Å². The van der Waals surface area contributed by atoms with Gasteiger partial charge in [-0.2, -0.15) is 4.31 Å². The van der Waals surface area contributed by atoms with Crippen LogP contribution in [0.15, 0.2) is 23.1 Å². The number of nitro groups is 1. The molecule has 1 aromatic carbocycles. The number of piperazine rings is 1. The van der Waals surface area contributed by atoms with E-state index >= 15 is 0 Å². The summed E-state index contributed by atoms with van der Waals surface area (Å²) < 4.78 is 36.0. The maximum atomic E-state index is 13.0. The topological polar surface area (TPSA) is 129 Å². The van der Waals surface area contributed by atoms with Crippen molar-refractivity contribution in [2.24, 2.45) is 0 Å². The Morgan fingerprint density at radius 1 is 1.19 bits per heavy atom. The number of nitrogens with zero attached hydrogens (tertiary/aromatic N) is 7. The highest BCUT2D eigenvalue weighted by Crippen LogP contribution is 2.30. The molecular formula is C17H25N7O5S2. The van der Waals surface area contributed by atoms with Gasteiger partial charge in [-0.3, -0.25) is 15.0 Å². The number of rotatable bonds is 6. The molecule has 0 bridgehead atoms. The van der Waals surface area contributed by atoms with Crippen molar-refractivity contribution in [1.29, 1.82) is 0 Å². The highest BCUT2D eigenvalue weighted by molar-refractivity contribution is 7.89. The number of nitro benzene ring substituents is 1. The first-order valence-corrected chi connectivity index (χ1v) is 11.4. The number of tetrazole rings is 1. The summed E-state index contributed by atoms with van der Waals surface area (Å²) in [6.07, 6.45) is 0. The van der Waals surface area contributed by atoms with Crippen LogP contribution in [0.25, 0.3) is 0 Å². The summed E-state index contributed by atoms with van der Waals surface area (Å²) in [5, 5.41) is 19.5. The third kappa shape index (κ3) is 4.76. The van der Waals surface area contributed by atoms with E-state index in [9.17, 15) is 18.5 Å². The van der Waals surface area contributed by atoms with Gasteiger partial charge in [0.25, 0.3) is 0 Å². The maximum Gasteiger partial charge on any atom is 0.312 e. The Balaban J connectivity index is 1.71. The largest absolute Gasteiger partial charge is 0.490 e. The summed E-state index contributed by atoms with van der Waals surface area (Å²) in [4.78, 5) is 12.5. The number of hydrogen-bond acceptors (Lipinski definition) is 9. The van der Waals surface area contributed by atoms with Gasteiger partial charge in [0.2, 0.25) is 14.8 Å². The van der Waals surface area contributed by atoms with E-state index in [-0.39, 0.29) is 29.3 Å². The fraction of sp³-hybridized carbons (Fsp3) is 0.588. The zero-order valence-electron chi connectivity index (χ0n) is 17.8. The lowest BCUT2D eigenvalue weighted by Crippen LogP contribution is -2.49. The molecule has 1 aliphatic heterocycles. The molecule has 0 unspecified atom stereocenters. The Hall–Kier alpha value is -2.42. The van der Waals surface area contributed by atoms with Crippen LogP contribution in [0.4, 0.5) is 5.69 Å². The summed E-state index contributed by atoms with van der Waals surface area (Å²) >= 11 is 5.44. The van der Waals surface area contributed by atoms with Crippen molar-refractivity contribution in [1.82, 2.24) is 29.0 Å². The summed E-state index contributed by atoms with van der Waals surface area (Å²) in [5.74, 6) is 0.00816. The smallest absolute Gasteiger partial charge is 0.312 e. The molecule has 2 aromatic rings. The molecule has 170 valence electrons. The van der Waals surface area contributed by atoms with E-state index < -0.39 is 20.6 Å². The highest BCUT2D eigenvalue weighted by Gasteiger charge is 2.31. The van der Waals surface area contributed by atoms with E-state index in [1.54, 1.807) is 9.36 Å². The minimum atomic E-state index is -3.88. The maximum absolute atomic E-state index is 13.0. The second kappa shape index (κ2) is 8.61. The van der Waals surface area contributed by atoms with Gasteiger partial charge in [-0.15, -0.1) is 0 Å². The Kier molecular flexibility index (Phi) is 6.45. The van der Waals surface area contributed by atoms with Gasteiger partial charge >= 0.3 is 5.69 Å². The summed E-state index contributed by atoms with van der Waals surface area (Å²) in [7, 11) is -2.58. The van der Waals surface area contributed by atoms with Gasteiger partial charge in [0.1, 0.15) is 0 Å². The average Bonchev–Trinajstić information content (AvgIpc) is 3.08. The van der Waals surface area contributed by atoms with Crippen molar-refractivity contribution < 1.29 is 18.1 Å². The summed E-state index contributed by atoms with van der Waals surface area (Å²) in [6, 6.07) is 3.64. The van der Waals surface area contributed by atoms with E-state index in [1.807, 2.05) is 25.7 Å².